The van der Waals surface area contributed by atoms with Crippen LogP contribution in [0.5, 0.6) is 5.75 Å². The van der Waals surface area contributed by atoms with Gasteiger partial charge in [0.05, 0.1) is 0 Å². The molecular weight excluding hydrogens is 316 g/mol. The Bertz CT molecular complexity index is 419. The molecule has 0 saturated carbocycles. The minimum Gasteiger partial charge on any atom is -0.492 e. The Labute approximate surface area is 130 Å². The molecule has 1 saturated heterocycles. The first-order valence-corrected chi connectivity index (χ1v) is 8.38. The Morgan fingerprint density at radius 1 is 1.35 bits per heavy atom. The standard InChI is InChI=1S/C16H25BrN2O/c1-3-18-13(2)15-7-6-14(17)12-16(15)20-11-10-19-8-4-5-9-19/h6-7,12-13,18H,3-5,8-11H2,1-2H3. The second-order valence-corrected chi connectivity index (χ2v) is 6.27. The maximum atomic E-state index is 6.04. The molecule has 1 aliphatic heterocycles. The van der Waals surface area contributed by atoms with Gasteiger partial charge in [-0.15, -0.1) is 0 Å². The van der Waals surface area contributed by atoms with Gasteiger partial charge in [0, 0.05) is 22.6 Å². The zero-order valence-electron chi connectivity index (χ0n) is 12.5. The van der Waals surface area contributed by atoms with Gasteiger partial charge in [0.25, 0.3) is 0 Å². The predicted octanol–water partition coefficient (Wildman–Crippen LogP) is 3.59. The van der Waals surface area contributed by atoms with Gasteiger partial charge in [-0.05, 0) is 51.5 Å². The molecule has 1 aromatic carbocycles. The Kier molecular flexibility index (Phi) is 6.33. The largest absolute Gasteiger partial charge is 0.492 e. The van der Waals surface area contributed by atoms with Crippen molar-refractivity contribution < 1.29 is 4.74 Å². The Morgan fingerprint density at radius 3 is 2.80 bits per heavy atom. The molecule has 1 atom stereocenters. The van der Waals surface area contributed by atoms with Crippen LogP contribution in [-0.2, 0) is 0 Å². The second-order valence-electron chi connectivity index (χ2n) is 5.36. The van der Waals surface area contributed by atoms with Gasteiger partial charge in [-0.1, -0.05) is 28.9 Å². The van der Waals surface area contributed by atoms with Gasteiger partial charge in [-0.3, -0.25) is 4.90 Å². The Morgan fingerprint density at radius 2 is 2.10 bits per heavy atom. The van der Waals surface area contributed by atoms with Gasteiger partial charge in [0.2, 0.25) is 0 Å². The van der Waals surface area contributed by atoms with E-state index in [9.17, 15) is 0 Å². The van der Waals surface area contributed by atoms with Crippen molar-refractivity contribution in [2.45, 2.75) is 32.7 Å². The molecule has 1 aromatic rings. The molecule has 1 aliphatic rings. The van der Waals surface area contributed by atoms with Crippen molar-refractivity contribution in [3.05, 3.63) is 28.2 Å². The molecule has 0 aliphatic carbocycles. The number of benzene rings is 1. The fourth-order valence-corrected chi connectivity index (χ4v) is 3.04. The van der Waals surface area contributed by atoms with Crippen LogP contribution in [0.15, 0.2) is 22.7 Å². The average molecular weight is 341 g/mol. The highest BCUT2D eigenvalue weighted by Gasteiger charge is 2.14. The summed E-state index contributed by atoms with van der Waals surface area (Å²) < 4.78 is 7.11. The zero-order chi connectivity index (χ0) is 14.4. The number of nitrogens with one attached hydrogen (secondary N) is 1. The predicted molar refractivity (Wildman–Crippen MR) is 87.4 cm³/mol. The number of halogens is 1. The van der Waals surface area contributed by atoms with Gasteiger partial charge in [-0.25, -0.2) is 0 Å². The van der Waals surface area contributed by atoms with Gasteiger partial charge in [0.1, 0.15) is 12.4 Å². The molecule has 1 fully saturated rings. The van der Waals surface area contributed by atoms with E-state index < -0.39 is 0 Å². The van der Waals surface area contributed by atoms with E-state index in [1.54, 1.807) is 0 Å². The summed E-state index contributed by atoms with van der Waals surface area (Å²) in [5.41, 5.74) is 1.23. The normalized spacial score (nSPS) is 17.4. The maximum absolute atomic E-state index is 6.04. The van der Waals surface area contributed by atoms with E-state index in [0.29, 0.717) is 6.04 Å². The van der Waals surface area contributed by atoms with Crippen molar-refractivity contribution in [2.24, 2.45) is 0 Å². The van der Waals surface area contributed by atoms with E-state index in [4.69, 9.17) is 4.74 Å². The average Bonchev–Trinajstić information content (AvgIpc) is 2.92. The molecule has 0 bridgehead atoms. The van der Waals surface area contributed by atoms with Crippen LogP contribution in [0, 0.1) is 0 Å². The minimum atomic E-state index is 0.315. The number of hydrogen-bond donors (Lipinski definition) is 1. The number of rotatable bonds is 7. The summed E-state index contributed by atoms with van der Waals surface area (Å²) >= 11 is 3.53. The van der Waals surface area contributed by atoms with Crippen LogP contribution in [0.1, 0.15) is 38.3 Å². The lowest BCUT2D eigenvalue weighted by Crippen LogP contribution is -2.25. The number of likely N-dealkylation sites (tertiary alicyclic amines) is 1. The first kappa shape index (κ1) is 15.8. The topological polar surface area (TPSA) is 24.5 Å². The van der Waals surface area contributed by atoms with Crippen molar-refractivity contribution in [3.8, 4) is 5.75 Å². The van der Waals surface area contributed by atoms with Crippen LogP contribution in [0.3, 0.4) is 0 Å². The molecule has 0 amide bonds. The fourth-order valence-electron chi connectivity index (χ4n) is 2.70. The van der Waals surface area contributed by atoms with Gasteiger partial charge in [-0.2, -0.15) is 0 Å². The van der Waals surface area contributed by atoms with E-state index in [0.717, 1.165) is 29.9 Å². The van der Waals surface area contributed by atoms with Crippen molar-refractivity contribution in [3.63, 3.8) is 0 Å². The zero-order valence-corrected chi connectivity index (χ0v) is 14.1. The third-order valence-corrected chi connectivity index (χ3v) is 4.31. The summed E-state index contributed by atoms with van der Waals surface area (Å²) in [4.78, 5) is 2.48. The molecule has 1 unspecified atom stereocenters. The summed E-state index contributed by atoms with van der Waals surface area (Å²) in [6.07, 6.45) is 2.67. The lowest BCUT2D eigenvalue weighted by molar-refractivity contribution is 0.235. The Balaban J connectivity index is 1.95. The molecule has 4 heteroatoms. The maximum Gasteiger partial charge on any atom is 0.125 e. The first-order valence-electron chi connectivity index (χ1n) is 7.58. The Hall–Kier alpha value is -0.580. The number of ether oxygens (including phenoxy) is 1. The first-order chi connectivity index (χ1) is 9.70. The van der Waals surface area contributed by atoms with E-state index in [2.05, 4.69) is 58.2 Å². The van der Waals surface area contributed by atoms with Crippen molar-refractivity contribution >= 4 is 15.9 Å². The highest BCUT2D eigenvalue weighted by Crippen LogP contribution is 2.28. The molecule has 2 rings (SSSR count). The van der Waals surface area contributed by atoms with Gasteiger partial charge < -0.3 is 10.1 Å². The number of hydrogen-bond acceptors (Lipinski definition) is 3. The summed E-state index contributed by atoms with van der Waals surface area (Å²) in [6.45, 7) is 9.52. The molecule has 0 aromatic heterocycles. The highest BCUT2D eigenvalue weighted by molar-refractivity contribution is 9.10. The minimum absolute atomic E-state index is 0.315. The summed E-state index contributed by atoms with van der Waals surface area (Å²) in [6, 6.07) is 6.61. The van der Waals surface area contributed by atoms with Crippen LogP contribution < -0.4 is 10.1 Å². The van der Waals surface area contributed by atoms with Crippen LogP contribution in [0.4, 0.5) is 0 Å². The molecule has 112 valence electrons. The quantitative estimate of drug-likeness (QED) is 0.820. The fraction of sp³-hybridized carbons (Fsp3) is 0.625. The van der Waals surface area contributed by atoms with Crippen LogP contribution in [0.2, 0.25) is 0 Å². The van der Waals surface area contributed by atoms with Crippen LogP contribution in [0.25, 0.3) is 0 Å². The van der Waals surface area contributed by atoms with E-state index in [1.165, 1.54) is 31.5 Å². The van der Waals surface area contributed by atoms with Crippen LogP contribution in [-0.4, -0.2) is 37.7 Å². The SMILES string of the molecule is CCNC(C)c1ccc(Br)cc1OCCN1CCCC1. The lowest BCUT2D eigenvalue weighted by Gasteiger charge is -2.20. The smallest absolute Gasteiger partial charge is 0.125 e. The monoisotopic (exact) mass is 340 g/mol. The highest BCUT2D eigenvalue weighted by atomic mass is 79.9. The van der Waals surface area contributed by atoms with Crippen LogP contribution >= 0.6 is 15.9 Å². The van der Waals surface area contributed by atoms with E-state index in [-0.39, 0.29) is 0 Å². The molecule has 3 nitrogen and oxygen atoms in total. The lowest BCUT2D eigenvalue weighted by atomic mass is 10.1. The molecule has 20 heavy (non-hydrogen) atoms. The van der Waals surface area contributed by atoms with Crippen molar-refractivity contribution in [1.82, 2.24) is 10.2 Å². The van der Waals surface area contributed by atoms with Crippen molar-refractivity contribution in [1.29, 1.82) is 0 Å². The molecule has 1 N–H and O–H groups in total. The molecular formula is C16H25BrN2O. The van der Waals surface area contributed by atoms with Crippen molar-refractivity contribution in [2.75, 3.05) is 32.8 Å². The second kappa shape index (κ2) is 8.01. The number of nitrogens with zero attached hydrogens (tertiary/aromatic N) is 1. The molecule has 1 heterocycles. The van der Waals surface area contributed by atoms with E-state index in [1.807, 2.05) is 0 Å². The summed E-state index contributed by atoms with van der Waals surface area (Å²) in [7, 11) is 0. The summed E-state index contributed by atoms with van der Waals surface area (Å²) in [5, 5.41) is 3.45. The third-order valence-electron chi connectivity index (χ3n) is 3.82. The summed E-state index contributed by atoms with van der Waals surface area (Å²) in [5.74, 6) is 0.993. The van der Waals surface area contributed by atoms with Gasteiger partial charge in [0.15, 0.2) is 0 Å². The molecule has 0 radical (unpaired) electrons. The van der Waals surface area contributed by atoms with E-state index >= 15 is 0 Å². The van der Waals surface area contributed by atoms with Gasteiger partial charge >= 0.3 is 0 Å². The third kappa shape index (κ3) is 4.47. The molecule has 0 spiro atoms.